The standard InChI is InChI=1S/C28H35N5O4/c1-22(24-7-3-2-4-8-24)16-26(35)31-12-9-28(37,10-13-31)20-33-21-30-25(17-27(33)36)32(14-15-34)19-23-6-5-11-29-18-23/h2-8,11,17-18,21-22,34,37H,9-10,12-16,19-20H2,1H3/t22-/m1/s1. The fourth-order valence-corrected chi connectivity index (χ4v) is 4.75. The van der Waals surface area contributed by atoms with Gasteiger partial charge in [-0.25, -0.2) is 4.98 Å². The third kappa shape index (κ3) is 7.02. The van der Waals surface area contributed by atoms with Gasteiger partial charge in [-0.15, -0.1) is 0 Å². The highest BCUT2D eigenvalue weighted by Crippen LogP contribution is 2.26. The molecule has 1 fully saturated rings. The predicted octanol–water partition coefficient (Wildman–Crippen LogP) is 2.18. The van der Waals surface area contributed by atoms with Crippen molar-refractivity contribution in [2.45, 2.75) is 50.8 Å². The number of hydrogen-bond donors (Lipinski definition) is 2. The Morgan fingerprint density at radius 2 is 1.92 bits per heavy atom. The smallest absolute Gasteiger partial charge is 0.255 e. The zero-order valence-electron chi connectivity index (χ0n) is 21.2. The van der Waals surface area contributed by atoms with Crippen molar-refractivity contribution in [2.24, 2.45) is 0 Å². The Balaban J connectivity index is 1.35. The van der Waals surface area contributed by atoms with Crippen molar-refractivity contribution in [3.63, 3.8) is 0 Å². The molecule has 1 aliphatic heterocycles. The van der Waals surface area contributed by atoms with Crippen LogP contribution < -0.4 is 10.5 Å². The number of anilines is 1. The first-order chi connectivity index (χ1) is 17.9. The summed E-state index contributed by atoms with van der Waals surface area (Å²) in [6.07, 6.45) is 6.09. The van der Waals surface area contributed by atoms with Crippen LogP contribution in [0, 0.1) is 0 Å². The van der Waals surface area contributed by atoms with E-state index in [0.29, 0.717) is 51.3 Å². The van der Waals surface area contributed by atoms with Crippen LogP contribution in [-0.4, -0.2) is 67.4 Å². The molecule has 2 N–H and O–H groups in total. The van der Waals surface area contributed by atoms with Gasteiger partial charge in [0, 0.05) is 51.1 Å². The van der Waals surface area contributed by atoms with E-state index in [1.807, 2.05) is 52.3 Å². The molecule has 2 aromatic heterocycles. The summed E-state index contributed by atoms with van der Waals surface area (Å²) in [6.45, 7) is 3.77. The van der Waals surface area contributed by atoms with Gasteiger partial charge < -0.3 is 20.0 Å². The van der Waals surface area contributed by atoms with E-state index < -0.39 is 5.60 Å². The minimum atomic E-state index is -1.09. The van der Waals surface area contributed by atoms with Gasteiger partial charge in [0.1, 0.15) is 5.82 Å². The average Bonchev–Trinajstić information content (AvgIpc) is 2.91. The molecule has 196 valence electrons. The van der Waals surface area contributed by atoms with Crippen LogP contribution in [0.25, 0.3) is 0 Å². The van der Waals surface area contributed by atoms with Gasteiger partial charge >= 0.3 is 0 Å². The monoisotopic (exact) mass is 505 g/mol. The molecule has 0 aliphatic carbocycles. The van der Waals surface area contributed by atoms with Crippen molar-refractivity contribution >= 4 is 11.7 Å². The van der Waals surface area contributed by atoms with Gasteiger partial charge in [-0.1, -0.05) is 43.3 Å². The van der Waals surface area contributed by atoms with Gasteiger partial charge in [-0.3, -0.25) is 19.1 Å². The minimum absolute atomic E-state index is 0.0792. The quantitative estimate of drug-likeness (QED) is 0.434. The number of nitrogens with zero attached hydrogens (tertiary/aromatic N) is 5. The van der Waals surface area contributed by atoms with E-state index in [2.05, 4.69) is 16.9 Å². The van der Waals surface area contributed by atoms with Gasteiger partial charge in [0.15, 0.2) is 0 Å². The average molecular weight is 506 g/mol. The van der Waals surface area contributed by atoms with E-state index in [4.69, 9.17) is 0 Å². The Labute approximate surface area is 217 Å². The topological polar surface area (TPSA) is 112 Å². The van der Waals surface area contributed by atoms with Crippen LogP contribution in [0.4, 0.5) is 5.82 Å². The normalized spacial score (nSPS) is 15.8. The second-order valence-electron chi connectivity index (χ2n) is 9.84. The van der Waals surface area contributed by atoms with Crippen LogP contribution in [0.15, 0.2) is 72.0 Å². The number of aliphatic hydroxyl groups excluding tert-OH is 1. The number of amides is 1. The van der Waals surface area contributed by atoms with Gasteiger partial charge in [0.2, 0.25) is 5.91 Å². The SMILES string of the molecule is C[C@H](CC(=O)N1CCC(O)(Cn2cnc(N(CCO)Cc3cccnc3)cc2=O)CC1)c1ccccc1. The molecule has 0 radical (unpaired) electrons. The zero-order valence-corrected chi connectivity index (χ0v) is 21.2. The molecule has 3 heterocycles. The molecule has 9 nitrogen and oxygen atoms in total. The molecule has 3 aromatic rings. The summed E-state index contributed by atoms with van der Waals surface area (Å²) in [4.78, 5) is 37.9. The molecule has 1 atom stereocenters. The molecule has 0 bridgehead atoms. The van der Waals surface area contributed by atoms with E-state index in [0.717, 1.165) is 11.1 Å². The van der Waals surface area contributed by atoms with Crippen LogP contribution in [-0.2, 0) is 17.9 Å². The summed E-state index contributed by atoms with van der Waals surface area (Å²) in [5.74, 6) is 0.666. The molecular formula is C28H35N5O4. The predicted molar refractivity (Wildman–Crippen MR) is 141 cm³/mol. The van der Waals surface area contributed by atoms with Crippen molar-refractivity contribution in [1.29, 1.82) is 0 Å². The molecule has 1 amide bonds. The number of aliphatic hydroxyl groups is 2. The lowest BCUT2D eigenvalue weighted by Gasteiger charge is -2.38. The van der Waals surface area contributed by atoms with E-state index in [9.17, 15) is 19.8 Å². The van der Waals surface area contributed by atoms with Gasteiger partial charge in [-0.05, 0) is 36.0 Å². The van der Waals surface area contributed by atoms with Crippen LogP contribution in [0.3, 0.4) is 0 Å². The maximum absolute atomic E-state index is 12.9. The number of aromatic nitrogens is 3. The number of pyridine rings is 1. The summed E-state index contributed by atoms with van der Waals surface area (Å²) < 4.78 is 1.42. The molecule has 4 rings (SSSR count). The second kappa shape index (κ2) is 12.1. The van der Waals surface area contributed by atoms with E-state index in [1.165, 1.54) is 17.0 Å². The largest absolute Gasteiger partial charge is 0.395 e. The molecule has 9 heteroatoms. The number of rotatable bonds is 10. The van der Waals surface area contributed by atoms with Crippen molar-refractivity contribution in [3.05, 3.63) is 88.7 Å². The van der Waals surface area contributed by atoms with Crippen LogP contribution in [0.1, 0.15) is 43.2 Å². The number of likely N-dealkylation sites (tertiary alicyclic amines) is 1. The number of carbonyl (C=O) groups is 1. The molecule has 1 aromatic carbocycles. The lowest BCUT2D eigenvalue weighted by molar-refractivity contribution is -0.136. The number of benzene rings is 1. The molecule has 1 aliphatic rings. The zero-order chi connectivity index (χ0) is 26.3. The molecule has 37 heavy (non-hydrogen) atoms. The maximum atomic E-state index is 12.9. The highest BCUT2D eigenvalue weighted by molar-refractivity contribution is 5.77. The van der Waals surface area contributed by atoms with Crippen molar-refractivity contribution in [3.8, 4) is 0 Å². The van der Waals surface area contributed by atoms with Crippen molar-refractivity contribution < 1.29 is 15.0 Å². The third-order valence-corrected chi connectivity index (χ3v) is 7.02. The van der Waals surface area contributed by atoms with E-state index >= 15 is 0 Å². The van der Waals surface area contributed by atoms with Crippen LogP contribution in [0.2, 0.25) is 0 Å². The second-order valence-corrected chi connectivity index (χ2v) is 9.84. The summed E-state index contributed by atoms with van der Waals surface area (Å²) in [7, 11) is 0. The lowest BCUT2D eigenvalue weighted by atomic mass is 9.90. The molecular weight excluding hydrogens is 470 g/mol. The fourth-order valence-electron chi connectivity index (χ4n) is 4.75. The maximum Gasteiger partial charge on any atom is 0.255 e. The third-order valence-electron chi connectivity index (χ3n) is 7.02. The Bertz CT molecular complexity index is 1210. The Kier molecular flexibility index (Phi) is 8.68. The number of carbonyl (C=O) groups excluding carboxylic acids is 1. The lowest BCUT2D eigenvalue weighted by Crippen LogP contribution is -2.49. The van der Waals surface area contributed by atoms with Gasteiger partial charge in [-0.2, -0.15) is 0 Å². The van der Waals surface area contributed by atoms with Gasteiger partial charge in [0.05, 0.1) is 25.1 Å². The van der Waals surface area contributed by atoms with Crippen molar-refractivity contribution in [1.82, 2.24) is 19.4 Å². The summed E-state index contributed by atoms with van der Waals surface area (Å²) >= 11 is 0. The number of hydrogen-bond acceptors (Lipinski definition) is 7. The summed E-state index contributed by atoms with van der Waals surface area (Å²) in [6, 6.07) is 15.2. The Morgan fingerprint density at radius 3 is 2.57 bits per heavy atom. The highest BCUT2D eigenvalue weighted by atomic mass is 16.3. The minimum Gasteiger partial charge on any atom is -0.395 e. The first kappa shape index (κ1) is 26.5. The first-order valence-electron chi connectivity index (χ1n) is 12.7. The van der Waals surface area contributed by atoms with Crippen LogP contribution in [0.5, 0.6) is 0 Å². The van der Waals surface area contributed by atoms with Crippen molar-refractivity contribution in [2.75, 3.05) is 31.1 Å². The summed E-state index contributed by atoms with van der Waals surface area (Å²) in [5.41, 5.74) is 0.714. The van der Waals surface area contributed by atoms with E-state index in [-0.39, 0.29) is 30.5 Å². The Morgan fingerprint density at radius 1 is 1.16 bits per heavy atom. The summed E-state index contributed by atoms with van der Waals surface area (Å²) in [5, 5.41) is 20.7. The number of piperidine rings is 1. The molecule has 0 spiro atoms. The highest BCUT2D eigenvalue weighted by Gasteiger charge is 2.35. The van der Waals surface area contributed by atoms with Crippen LogP contribution >= 0.6 is 0 Å². The molecule has 0 unspecified atom stereocenters. The molecule has 1 saturated heterocycles. The Hall–Kier alpha value is -3.56. The molecule has 0 saturated carbocycles. The van der Waals surface area contributed by atoms with Gasteiger partial charge in [0.25, 0.3) is 5.56 Å². The first-order valence-corrected chi connectivity index (χ1v) is 12.7. The fraction of sp³-hybridized carbons (Fsp3) is 0.429. The van der Waals surface area contributed by atoms with E-state index in [1.54, 1.807) is 12.4 Å².